The molecule has 78 valence electrons. The quantitative estimate of drug-likeness (QED) is 0.579. The zero-order valence-corrected chi connectivity index (χ0v) is 8.84. The van der Waals surface area contributed by atoms with Gasteiger partial charge in [-0.15, -0.1) is 0 Å². The molecule has 0 aliphatic carbocycles. The summed E-state index contributed by atoms with van der Waals surface area (Å²) in [6.45, 7) is 0. The Labute approximate surface area is 92.7 Å². The smallest absolute Gasteiger partial charge is 0.224 e. The Hall–Kier alpha value is -2.16. The summed E-state index contributed by atoms with van der Waals surface area (Å²) in [5.41, 5.74) is 0.935. The number of hydrogen-bond donors (Lipinski definition) is 0. The second-order valence-corrected chi connectivity index (χ2v) is 3.57. The van der Waals surface area contributed by atoms with Gasteiger partial charge in [0.1, 0.15) is 6.33 Å². The Bertz CT molecular complexity index is 664. The molecule has 0 saturated heterocycles. The topological polar surface area (TPSA) is 35.0 Å². The third kappa shape index (κ3) is 1.21. The number of ether oxygens (including phenoxy) is 1. The van der Waals surface area contributed by atoms with Gasteiger partial charge in [-0.25, -0.2) is 9.97 Å². The van der Waals surface area contributed by atoms with Crippen molar-refractivity contribution in [3.05, 3.63) is 42.7 Å². The molecule has 0 radical (unpaired) electrons. The highest BCUT2D eigenvalue weighted by Gasteiger charge is 2.06. The molecule has 0 spiro atoms. The molecule has 0 fully saturated rings. The molecule has 16 heavy (non-hydrogen) atoms. The summed E-state index contributed by atoms with van der Waals surface area (Å²) < 4.78 is 5.23. The highest BCUT2D eigenvalue weighted by molar-refractivity contribution is 6.06. The molecule has 3 nitrogen and oxygen atoms in total. The van der Waals surface area contributed by atoms with Gasteiger partial charge in [-0.05, 0) is 11.5 Å². The molecule has 0 N–H and O–H groups in total. The highest BCUT2D eigenvalue weighted by Crippen LogP contribution is 2.27. The normalized spacial score (nSPS) is 10.8. The van der Waals surface area contributed by atoms with E-state index < -0.39 is 0 Å². The Balaban J connectivity index is 2.52. The van der Waals surface area contributed by atoms with Gasteiger partial charge in [0.15, 0.2) is 0 Å². The molecular formula is C13H10N2O. The first-order valence-electron chi connectivity index (χ1n) is 5.06. The van der Waals surface area contributed by atoms with E-state index in [2.05, 4.69) is 28.2 Å². The van der Waals surface area contributed by atoms with Crippen LogP contribution in [0.2, 0.25) is 0 Å². The van der Waals surface area contributed by atoms with Gasteiger partial charge < -0.3 is 4.74 Å². The van der Waals surface area contributed by atoms with Crippen LogP contribution in [0.1, 0.15) is 0 Å². The predicted octanol–water partition coefficient (Wildman–Crippen LogP) is 2.79. The van der Waals surface area contributed by atoms with Gasteiger partial charge in [0.05, 0.1) is 18.0 Å². The minimum atomic E-state index is 0.621. The fraction of sp³-hybridized carbons (Fsp3) is 0.0769. The van der Waals surface area contributed by atoms with E-state index >= 15 is 0 Å². The van der Waals surface area contributed by atoms with Crippen LogP contribution in [0.15, 0.2) is 42.7 Å². The monoisotopic (exact) mass is 210 g/mol. The molecule has 2 aromatic carbocycles. The van der Waals surface area contributed by atoms with Gasteiger partial charge in [-0.3, -0.25) is 0 Å². The second kappa shape index (κ2) is 3.45. The van der Waals surface area contributed by atoms with Crippen LogP contribution in [0.4, 0.5) is 0 Å². The van der Waals surface area contributed by atoms with Crippen molar-refractivity contribution >= 4 is 21.7 Å². The highest BCUT2D eigenvalue weighted by atomic mass is 16.5. The van der Waals surface area contributed by atoms with E-state index in [1.165, 1.54) is 11.7 Å². The zero-order chi connectivity index (χ0) is 11.0. The number of methoxy groups -OCH3 is 1. The number of benzene rings is 2. The summed E-state index contributed by atoms with van der Waals surface area (Å²) in [5, 5.41) is 3.25. The first-order chi connectivity index (χ1) is 7.90. The maximum Gasteiger partial charge on any atom is 0.224 e. The lowest BCUT2D eigenvalue weighted by Crippen LogP contribution is -1.91. The minimum absolute atomic E-state index is 0.621. The van der Waals surface area contributed by atoms with E-state index in [1.807, 2.05) is 18.2 Å². The molecule has 3 heteroatoms. The summed E-state index contributed by atoms with van der Waals surface area (Å²) >= 11 is 0. The van der Waals surface area contributed by atoms with Crippen LogP contribution < -0.4 is 4.74 Å². The molecule has 1 heterocycles. The third-order valence-electron chi connectivity index (χ3n) is 2.69. The summed E-state index contributed by atoms with van der Waals surface area (Å²) in [4.78, 5) is 8.43. The molecule has 1 aromatic heterocycles. The van der Waals surface area contributed by atoms with Gasteiger partial charge >= 0.3 is 0 Å². The van der Waals surface area contributed by atoms with Crippen molar-refractivity contribution in [1.29, 1.82) is 0 Å². The molecule has 0 unspecified atom stereocenters. The number of aromatic nitrogens is 2. The van der Waals surface area contributed by atoms with Crippen LogP contribution in [-0.2, 0) is 0 Å². The molecular weight excluding hydrogens is 200 g/mol. The molecule has 0 saturated carbocycles. The van der Waals surface area contributed by atoms with E-state index in [1.54, 1.807) is 7.11 Å². The number of hydrogen-bond acceptors (Lipinski definition) is 3. The van der Waals surface area contributed by atoms with E-state index in [0.717, 1.165) is 16.3 Å². The molecule has 0 aliphatic heterocycles. The Morgan fingerprint density at radius 1 is 0.938 bits per heavy atom. The first-order valence-corrected chi connectivity index (χ1v) is 5.06. The molecule has 0 aliphatic rings. The number of rotatable bonds is 1. The van der Waals surface area contributed by atoms with Gasteiger partial charge in [0.25, 0.3) is 0 Å². The lowest BCUT2D eigenvalue weighted by atomic mass is 10.1. The van der Waals surface area contributed by atoms with Crippen LogP contribution in [0.5, 0.6) is 5.88 Å². The maximum atomic E-state index is 5.23. The Morgan fingerprint density at radius 2 is 1.81 bits per heavy atom. The van der Waals surface area contributed by atoms with E-state index in [0.29, 0.717) is 5.88 Å². The average molecular weight is 210 g/mol. The van der Waals surface area contributed by atoms with E-state index in [4.69, 9.17) is 4.74 Å². The molecule has 3 aromatic rings. The number of nitrogens with zero attached hydrogens (tertiary/aromatic N) is 2. The van der Waals surface area contributed by atoms with Gasteiger partial charge in [-0.2, -0.15) is 0 Å². The van der Waals surface area contributed by atoms with Crippen molar-refractivity contribution < 1.29 is 4.74 Å². The first kappa shape index (κ1) is 9.09. The number of fused-ring (bicyclic) bond motifs is 3. The van der Waals surface area contributed by atoms with Crippen molar-refractivity contribution in [1.82, 2.24) is 9.97 Å². The minimum Gasteiger partial charge on any atom is -0.480 e. The van der Waals surface area contributed by atoms with Gasteiger partial charge in [0, 0.05) is 5.39 Å². The lowest BCUT2D eigenvalue weighted by Gasteiger charge is -2.05. The van der Waals surface area contributed by atoms with Crippen LogP contribution in [-0.4, -0.2) is 17.1 Å². The summed E-state index contributed by atoms with van der Waals surface area (Å²) in [6, 6.07) is 12.2. The van der Waals surface area contributed by atoms with Crippen LogP contribution >= 0.6 is 0 Å². The second-order valence-electron chi connectivity index (χ2n) is 3.57. The van der Waals surface area contributed by atoms with Crippen molar-refractivity contribution in [3.63, 3.8) is 0 Å². The summed E-state index contributed by atoms with van der Waals surface area (Å²) in [7, 11) is 1.62. The van der Waals surface area contributed by atoms with E-state index in [-0.39, 0.29) is 0 Å². The standard InChI is InChI=1S/C13H10N2O/c1-16-13-11-7-6-9-4-2-3-5-10(9)12(11)14-8-15-13/h2-8H,1H3. The van der Waals surface area contributed by atoms with Crippen molar-refractivity contribution in [3.8, 4) is 5.88 Å². The zero-order valence-electron chi connectivity index (χ0n) is 8.84. The van der Waals surface area contributed by atoms with Crippen molar-refractivity contribution in [2.45, 2.75) is 0 Å². The molecule has 0 amide bonds. The van der Waals surface area contributed by atoms with Crippen molar-refractivity contribution in [2.24, 2.45) is 0 Å². The van der Waals surface area contributed by atoms with Gasteiger partial charge in [-0.1, -0.05) is 30.3 Å². The summed E-state index contributed by atoms with van der Waals surface area (Å²) in [5.74, 6) is 0.621. The lowest BCUT2D eigenvalue weighted by molar-refractivity contribution is 0.402. The van der Waals surface area contributed by atoms with Gasteiger partial charge in [0.2, 0.25) is 5.88 Å². The largest absolute Gasteiger partial charge is 0.480 e. The van der Waals surface area contributed by atoms with Crippen LogP contribution in [0, 0.1) is 0 Å². The molecule has 3 rings (SSSR count). The fourth-order valence-electron chi connectivity index (χ4n) is 1.94. The molecule has 0 bridgehead atoms. The Morgan fingerprint density at radius 3 is 2.69 bits per heavy atom. The Kier molecular flexibility index (Phi) is 1.96. The predicted molar refractivity (Wildman–Crippen MR) is 63.6 cm³/mol. The third-order valence-corrected chi connectivity index (χ3v) is 2.69. The van der Waals surface area contributed by atoms with Crippen LogP contribution in [0.3, 0.4) is 0 Å². The van der Waals surface area contributed by atoms with Crippen molar-refractivity contribution in [2.75, 3.05) is 7.11 Å². The summed E-state index contributed by atoms with van der Waals surface area (Å²) in [6.07, 6.45) is 1.54. The average Bonchev–Trinajstić information content (AvgIpc) is 2.37. The fourth-order valence-corrected chi connectivity index (χ4v) is 1.94. The maximum absolute atomic E-state index is 5.23. The molecule has 0 atom stereocenters. The SMILES string of the molecule is COc1ncnc2c1ccc1ccccc12. The van der Waals surface area contributed by atoms with E-state index in [9.17, 15) is 0 Å². The van der Waals surface area contributed by atoms with Crippen LogP contribution in [0.25, 0.3) is 21.7 Å².